The van der Waals surface area contributed by atoms with E-state index in [2.05, 4.69) is 5.32 Å². The fourth-order valence-electron chi connectivity index (χ4n) is 2.21. The Labute approximate surface area is 118 Å². The van der Waals surface area contributed by atoms with Gasteiger partial charge >= 0.3 is 6.18 Å². The van der Waals surface area contributed by atoms with Crippen LogP contribution in [0.1, 0.15) is 37.8 Å². The topological polar surface area (TPSA) is 15.3 Å². The Kier molecular flexibility index (Phi) is 4.28. The summed E-state index contributed by atoms with van der Waals surface area (Å²) >= 11 is 0. The Balaban J connectivity index is 2.27. The molecule has 1 N–H and O–H groups in total. The molecule has 1 aromatic carbocycles. The van der Waals surface area contributed by atoms with Crippen LogP contribution >= 0.6 is 0 Å². The van der Waals surface area contributed by atoms with Crippen molar-refractivity contribution in [1.82, 2.24) is 5.32 Å². The van der Waals surface area contributed by atoms with Gasteiger partial charge in [0.2, 0.25) is 0 Å². The standard InChI is InChI=1S/C15H21F3N2/c1-10(2)19-9-11-4-7-14(20(3)12-5-6-12)13(8-11)15(16,17)18/h4,7-8,10,12,19H,5-6,9H2,1-3H3. The molecule has 0 atom stereocenters. The summed E-state index contributed by atoms with van der Waals surface area (Å²) in [5.41, 5.74) is 0.419. The first-order valence-corrected chi connectivity index (χ1v) is 6.95. The van der Waals surface area contributed by atoms with Crippen molar-refractivity contribution in [2.24, 2.45) is 0 Å². The van der Waals surface area contributed by atoms with Crippen LogP contribution in [-0.4, -0.2) is 19.1 Å². The fourth-order valence-corrected chi connectivity index (χ4v) is 2.21. The number of anilines is 1. The molecule has 1 aromatic rings. The largest absolute Gasteiger partial charge is 0.418 e. The summed E-state index contributed by atoms with van der Waals surface area (Å²) in [5, 5.41) is 3.14. The van der Waals surface area contributed by atoms with Gasteiger partial charge in [0.15, 0.2) is 0 Å². The monoisotopic (exact) mass is 286 g/mol. The van der Waals surface area contributed by atoms with Gasteiger partial charge in [-0.15, -0.1) is 0 Å². The van der Waals surface area contributed by atoms with Gasteiger partial charge < -0.3 is 10.2 Å². The number of nitrogens with zero attached hydrogens (tertiary/aromatic N) is 1. The number of nitrogens with one attached hydrogen (secondary N) is 1. The van der Waals surface area contributed by atoms with Crippen molar-refractivity contribution in [2.45, 2.75) is 51.5 Å². The number of hydrogen-bond donors (Lipinski definition) is 1. The quantitative estimate of drug-likeness (QED) is 0.885. The summed E-state index contributed by atoms with van der Waals surface area (Å²) in [6.45, 7) is 4.40. The summed E-state index contributed by atoms with van der Waals surface area (Å²) in [6.07, 6.45) is -2.36. The Hall–Kier alpha value is -1.23. The van der Waals surface area contributed by atoms with Crippen LogP contribution < -0.4 is 10.2 Å². The van der Waals surface area contributed by atoms with Crippen molar-refractivity contribution in [3.05, 3.63) is 29.3 Å². The van der Waals surface area contributed by atoms with Crippen LogP contribution in [0.4, 0.5) is 18.9 Å². The fraction of sp³-hybridized carbons (Fsp3) is 0.600. The number of rotatable bonds is 5. The Morgan fingerprint density at radius 3 is 2.45 bits per heavy atom. The molecule has 1 aliphatic carbocycles. The lowest BCUT2D eigenvalue weighted by atomic mass is 10.1. The van der Waals surface area contributed by atoms with Crippen LogP contribution in [0.25, 0.3) is 0 Å². The molecule has 0 aliphatic heterocycles. The summed E-state index contributed by atoms with van der Waals surface area (Å²) in [4.78, 5) is 1.75. The number of alkyl halides is 3. The maximum absolute atomic E-state index is 13.2. The van der Waals surface area contributed by atoms with E-state index in [-0.39, 0.29) is 17.8 Å². The maximum atomic E-state index is 13.2. The van der Waals surface area contributed by atoms with E-state index >= 15 is 0 Å². The molecule has 1 fully saturated rings. The number of hydrogen-bond acceptors (Lipinski definition) is 2. The molecule has 0 spiro atoms. The predicted octanol–water partition coefficient (Wildman–Crippen LogP) is 3.80. The zero-order valence-electron chi connectivity index (χ0n) is 12.1. The van der Waals surface area contributed by atoms with Crippen molar-refractivity contribution < 1.29 is 13.2 Å². The molecule has 0 heterocycles. The van der Waals surface area contributed by atoms with Crippen LogP contribution in [-0.2, 0) is 12.7 Å². The first-order valence-electron chi connectivity index (χ1n) is 6.95. The minimum absolute atomic E-state index is 0.248. The first kappa shape index (κ1) is 15.2. The highest BCUT2D eigenvalue weighted by Gasteiger charge is 2.37. The van der Waals surface area contributed by atoms with Crippen LogP contribution in [0.2, 0.25) is 0 Å². The van der Waals surface area contributed by atoms with Crippen molar-refractivity contribution in [3.8, 4) is 0 Å². The molecule has 0 unspecified atom stereocenters. The Morgan fingerprint density at radius 2 is 1.95 bits per heavy atom. The van der Waals surface area contributed by atoms with Crippen LogP contribution in [0.15, 0.2) is 18.2 Å². The van der Waals surface area contributed by atoms with Gasteiger partial charge in [0.1, 0.15) is 0 Å². The highest BCUT2D eigenvalue weighted by Crippen LogP contribution is 2.40. The third-order valence-electron chi connectivity index (χ3n) is 3.56. The Bertz CT molecular complexity index is 465. The van der Waals surface area contributed by atoms with Crippen LogP contribution in [0.3, 0.4) is 0 Å². The van der Waals surface area contributed by atoms with Gasteiger partial charge in [0.05, 0.1) is 5.56 Å². The predicted molar refractivity (Wildman–Crippen MR) is 74.8 cm³/mol. The molecule has 2 nitrogen and oxygen atoms in total. The van der Waals surface area contributed by atoms with E-state index < -0.39 is 11.7 Å². The molecular weight excluding hydrogens is 265 g/mol. The molecule has 1 aliphatic rings. The summed E-state index contributed by atoms with van der Waals surface area (Å²) in [5.74, 6) is 0. The zero-order chi connectivity index (χ0) is 14.9. The minimum atomic E-state index is -4.31. The molecule has 20 heavy (non-hydrogen) atoms. The van der Waals surface area contributed by atoms with E-state index in [1.807, 2.05) is 13.8 Å². The minimum Gasteiger partial charge on any atom is -0.371 e. The number of benzene rings is 1. The van der Waals surface area contributed by atoms with Crippen LogP contribution in [0, 0.1) is 0 Å². The molecule has 2 rings (SSSR count). The van der Waals surface area contributed by atoms with E-state index in [1.165, 1.54) is 6.07 Å². The molecule has 0 radical (unpaired) electrons. The lowest BCUT2D eigenvalue weighted by molar-refractivity contribution is -0.137. The average molecular weight is 286 g/mol. The van der Waals surface area contributed by atoms with E-state index in [1.54, 1.807) is 24.1 Å². The summed E-state index contributed by atoms with van der Waals surface area (Å²) < 4.78 is 39.7. The third kappa shape index (κ3) is 3.66. The lowest BCUT2D eigenvalue weighted by Crippen LogP contribution is -2.25. The van der Waals surface area contributed by atoms with Gasteiger partial charge in [-0.05, 0) is 30.5 Å². The highest BCUT2D eigenvalue weighted by molar-refractivity contribution is 5.57. The first-order chi connectivity index (χ1) is 9.29. The van der Waals surface area contributed by atoms with Gasteiger partial charge in [0.25, 0.3) is 0 Å². The van der Waals surface area contributed by atoms with Gasteiger partial charge in [-0.3, -0.25) is 0 Å². The molecular formula is C15H21F3N2. The smallest absolute Gasteiger partial charge is 0.371 e. The highest BCUT2D eigenvalue weighted by atomic mass is 19.4. The second-order valence-electron chi connectivity index (χ2n) is 5.73. The van der Waals surface area contributed by atoms with E-state index in [0.29, 0.717) is 12.1 Å². The molecule has 0 bridgehead atoms. The maximum Gasteiger partial charge on any atom is 0.418 e. The van der Waals surface area contributed by atoms with E-state index in [9.17, 15) is 13.2 Å². The van der Waals surface area contributed by atoms with E-state index in [4.69, 9.17) is 0 Å². The van der Waals surface area contributed by atoms with Gasteiger partial charge in [-0.25, -0.2) is 0 Å². The van der Waals surface area contributed by atoms with Gasteiger partial charge in [0, 0.05) is 31.4 Å². The summed E-state index contributed by atoms with van der Waals surface area (Å²) in [7, 11) is 1.74. The number of halogens is 3. The normalized spacial score (nSPS) is 15.8. The van der Waals surface area contributed by atoms with Crippen molar-refractivity contribution >= 4 is 5.69 Å². The molecule has 0 saturated heterocycles. The zero-order valence-corrected chi connectivity index (χ0v) is 12.1. The molecule has 1 saturated carbocycles. The lowest BCUT2D eigenvalue weighted by Gasteiger charge is -2.24. The summed E-state index contributed by atoms with van der Waals surface area (Å²) in [6, 6.07) is 5.15. The SMILES string of the molecule is CC(C)NCc1ccc(N(C)C2CC2)c(C(F)(F)F)c1. The van der Waals surface area contributed by atoms with E-state index in [0.717, 1.165) is 12.8 Å². The van der Waals surface area contributed by atoms with Gasteiger partial charge in [-0.2, -0.15) is 13.2 Å². The van der Waals surface area contributed by atoms with Crippen molar-refractivity contribution in [3.63, 3.8) is 0 Å². The second-order valence-corrected chi connectivity index (χ2v) is 5.73. The second kappa shape index (κ2) is 5.64. The van der Waals surface area contributed by atoms with Crippen LogP contribution in [0.5, 0.6) is 0 Å². The van der Waals surface area contributed by atoms with Gasteiger partial charge in [-0.1, -0.05) is 19.9 Å². The average Bonchev–Trinajstić information content (AvgIpc) is 3.18. The Morgan fingerprint density at radius 1 is 1.30 bits per heavy atom. The third-order valence-corrected chi connectivity index (χ3v) is 3.56. The van der Waals surface area contributed by atoms with Crippen molar-refractivity contribution in [2.75, 3.05) is 11.9 Å². The molecule has 0 amide bonds. The molecule has 0 aromatic heterocycles. The van der Waals surface area contributed by atoms with Crippen molar-refractivity contribution in [1.29, 1.82) is 0 Å². The molecule has 112 valence electrons. The molecule has 5 heteroatoms.